The second-order valence-electron chi connectivity index (χ2n) is 8.51. The molecule has 1 N–H and O–H groups in total. The summed E-state index contributed by atoms with van der Waals surface area (Å²) in [6, 6.07) is 6.17. The van der Waals surface area contributed by atoms with Gasteiger partial charge in [-0.15, -0.1) is 12.6 Å². The molecule has 0 saturated carbocycles. The van der Waals surface area contributed by atoms with E-state index in [2.05, 4.69) is 67.6 Å². The third-order valence-electron chi connectivity index (χ3n) is 5.65. The van der Waals surface area contributed by atoms with Crippen LogP contribution < -0.4 is 5.32 Å². The first kappa shape index (κ1) is 30.7. The highest BCUT2D eigenvalue weighted by Gasteiger charge is 2.28. The fourth-order valence-electron chi connectivity index (χ4n) is 3.53. The van der Waals surface area contributed by atoms with Gasteiger partial charge in [0, 0.05) is 30.1 Å². The van der Waals surface area contributed by atoms with Gasteiger partial charge in [0.05, 0.1) is 12.3 Å². The average Bonchev–Trinajstić information content (AvgIpc) is 2.83. The van der Waals surface area contributed by atoms with Crippen molar-refractivity contribution in [1.82, 2.24) is 4.90 Å². The van der Waals surface area contributed by atoms with Crippen LogP contribution in [0.1, 0.15) is 57.6 Å². The standard InChI is InChI=1S/C18H24N2S.C9H14F3NO/c1-6-8-13(3)11-18(21)16-10-9-15(7-2)17(12-16)20-14(4)19-5;10-9(11,12)3-6-13-4-1-8(7-14)2-5-13/h7-12,21H,2,6H2,1,3-5H3,(H,19,20);7-8H,1-6H2/b13-8+,18-11-;. The van der Waals surface area contributed by atoms with Gasteiger partial charge in [0.2, 0.25) is 0 Å². The number of nitrogens with one attached hydrogen (secondary N) is 1. The Bertz CT molecular complexity index is 915. The molecule has 1 aliphatic rings. The lowest BCUT2D eigenvalue weighted by molar-refractivity contribution is -0.139. The third-order valence-corrected chi connectivity index (χ3v) is 6.03. The van der Waals surface area contributed by atoms with Crippen molar-refractivity contribution in [1.29, 1.82) is 0 Å². The Morgan fingerprint density at radius 1 is 1.29 bits per heavy atom. The SMILES string of the molecule is C=Cc1ccc(/C(S)=C/C(C)=C/CC)cc1NC(C)=NC.O=CC1CCN(CCC(F)(F)F)CC1. The number of carbonyl (C=O) groups is 1. The highest BCUT2D eigenvalue weighted by atomic mass is 32.1. The van der Waals surface area contributed by atoms with E-state index < -0.39 is 12.6 Å². The second-order valence-corrected chi connectivity index (χ2v) is 8.99. The van der Waals surface area contributed by atoms with Gasteiger partial charge < -0.3 is 15.0 Å². The first-order chi connectivity index (χ1) is 16.5. The molecule has 2 rings (SSSR count). The number of hydrogen-bond donors (Lipinski definition) is 2. The topological polar surface area (TPSA) is 44.7 Å². The molecule has 0 aromatic heterocycles. The van der Waals surface area contributed by atoms with Crippen molar-refractivity contribution in [2.24, 2.45) is 10.9 Å². The second kappa shape index (κ2) is 15.6. The van der Waals surface area contributed by atoms with Crippen LogP contribution in [0.3, 0.4) is 0 Å². The van der Waals surface area contributed by atoms with Gasteiger partial charge in [-0.2, -0.15) is 13.2 Å². The molecule has 1 heterocycles. The largest absolute Gasteiger partial charge is 0.390 e. The van der Waals surface area contributed by atoms with Crippen molar-refractivity contribution in [3.05, 3.63) is 53.6 Å². The number of nitrogens with zero attached hydrogens (tertiary/aromatic N) is 2. The summed E-state index contributed by atoms with van der Waals surface area (Å²) in [5.41, 5.74) is 4.32. The van der Waals surface area contributed by atoms with E-state index in [-0.39, 0.29) is 12.5 Å². The maximum atomic E-state index is 11.9. The summed E-state index contributed by atoms with van der Waals surface area (Å²) in [5, 5.41) is 3.29. The smallest absolute Gasteiger partial charge is 0.344 e. The van der Waals surface area contributed by atoms with Crippen LogP contribution in [-0.2, 0) is 4.79 Å². The first-order valence-electron chi connectivity index (χ1n) is 11.8. The van der Waals surface area contributed by atoms with Crippen LogP contribution in [0.4, 0.5) is 18.9 Å². The predicted octanol–water partition coefficient (Wildman–Crippen LogP) is 7.27. The zero-order valence-electron chi connectivity index (χ0n) is 21.2. The number of halogens is 3. The van der Waals surface area contributed by atoms with Crippen molar-refractivity contribution in [2.75, 3.05) is 32.0 Å². The molecule has 8 heteroatoms. The van der Waals surface area contributed by atoms with Crippen LogP contribution in [0.15, 0.2) is 47.5 Å². The number of piperidine rings is 1. The molecular weight excluding hydrogens is 471 g/mol. The molecule has 0 aliphatic carbocycles. The molecule has 0 radical (unpaired) electrons. The summed E-state index contributed by atoms with van der Waals surface area (Å²) in [6.07, 6.45) is 4.60. The van der Waals surface area contributed by atoms with Gasteiger partial charge in [0.25, 0.3) is 0 Å². The van der Waals surface area contributed by atoms with Crippen LogP contribution in [-0.4, -0.2) is 49.9 Å². The number of rotatable bonds is 8. The normalized spacial score (nSPS) is 16.4. The average molecular weight is 510 g/mol. The Morgan fingerprint density at radius 2 is 1.94 bits per heavy atom. The van der Waals surface area contributed by atoms with Gasteiger partial charge in [0.1, 0.15) is 6.29 Å². The lowest BCUT2D eigenvalue weighted by Crippen LogP contribution is -2.36. The quantitative estimate of drug-likeness (QED) is 0.127. The van der Waals surface area contributed by atoms with Crippen molar-refractivity contribution in [3.8, 4) is 0 Å². The highest BCUT2D eigenvalue weighted by Crippen LogP contribution is 2.27. The van der Waals surface area contributed by atoms with Gasteiger partial charge >= 0.3 is 6.18 Å². The molecule has 0 bridgehead atoms. The lowest BCUT2D eigenvalue weighted by atomic mass is 9.98. The van der Waals surface area contributed by atoms with Crippen LogP contribution in [0, 0.1) is 5.92 Å². The number of thiol groups is 1. The number of likely N-dealkylation sites (tertiary alicyclic amines) is 1. The molecule has 0 amide bonds. The van der Waals surface area contributed by atoms with E-state index in [1.54, 1.807) is 11.9 Å². The number of alkyl halides is 3. The van der Waals surface area contributed by atoms with Crippen LogP contribution >= 0.6 is 12.6 Å². The third kappa shape index (κ3) is 12.3. The van der Waals surface area contributed by atoms with Crippen molar-refractivity contribution >= 4 is 41.4 Å². The molecule has 4 nitrogen and oxygen atoms in total. The summed E-state index contributed by atoms with van der Waals surface area (Å²) in [4.78, 5) is 17.2. The molecule has 0 spiro atoms. The number of amidine groups is 1. The van der Waals surface area contributed by atoms with E-state index in [9.17, 15) is 18.0 Å². The van der Waals surface area contributed by atoms with E-state index in [1.807, 2.05) is 19.1 Å². The van der Waals surface area contributed by atoms with Gasteiger partial charge in [-0.25, -0.2) is 0 Å². The van der Waals surface area contributed by atoms with Gasteiger partial charge in [-0.1, -0.05) is 43.4 Å². The molecule has 1 aliphatic heterocycles. The zero-order valence-corrected chi connectivity index (χ0v) is 22.1. The Hall–Kier alpha value is -2.32. The Labute approximate surface area is 213 Å². The molecule has 194 valence electrons. The molecule has 1 aromatic rings. The number of anilines is 1. The maximum Gasteiger partial charge on any atom is 0.390 e. The molecular formula is C27H38F3N3OS. The molecule has 0 unspecified atom stereocenters. The van der Waals surface area contributed by atoms with E-state index in [4.69, 9.17) is 0 Å². The Balaban J connectivity index is 0.000000379. The van der Waals surface area contributed by atoms with Crippen LogP contribution in [0.25, 0.3) is 11.0 Å². The van der Waals surface area contributed by atoms with E-state index in [0.717, 1.165) is 40.3 Å². The zero-order chi connectivity index (χ0) is 26.4. The van der Waals surface area contributed by atoms with E-state index in [0.29, 0.717) is 25.9 Å². The molecule has 1 saturated heterocycles. The van der Waals surface area contributed by atoms with Crippen molar-refractivity contribution < 1.29 is 18.0 Å². The Kier molecular flexibility index (Phi) is 13.7. The summed E-state index contributed by atoms with van der Waals surface area (Å²) >= 11 is 4.61. The molecule has 35 heavy (non-hydrogen) atoms. The minimum atomic E-state index is -4.07. The van der Waals surface area contributed by atoms with E-state index in [1.165, 1.54) is 5.57 Å². The van der Waals surface area contributed by atoms with Crippen molar-refractivity contribution in [2.45, 2.75) is 52.6 Å². The monoisotopic (exact) mass is 509 g/mol. The number of aliphatic imine (C=N–C) groups is 1. The number of benzene rings is 1. The summed E-state index contributed by atoms with van der Waals surface area (Å²) in [6.45, 7) is 11.3. The first-order valence-corrected chi connectivity index (χ1v) is 12.3. The Morgan fingerprint density at radius 3 is 2.46 bits per heavy atom. The number of allylic oxidation sites excluding steroid dienone is 3. The highest BCUT2D eigenvalue weighted by molar-refractivity contribution is 7.90. The minimum Gasteiger partial charge on any atom is -0.344 e. The molecule has 1 fully saturated rings. The molecule has 0 atom stereocenters. The number of aldehydes is 1. The number of carbonyl (C=O) groups excluding carboxylic acids is 1. The van der Waals surface area contributed by atoms with Crippen LogP contribution in [0.2, 0.25) is 0 Å². The lowest BCUT2D eigenvalue weighted by Gasteiger charge is -2.29. The minimum absolute atomic E-state index is 0.0529. The van der Waals surface area contributed by atoms with Crippen molar-refractivity contribution in [3.63, 3.8) is 0 Å². The fraction of sp³-hybridized carbons (Fsp3) is 0.481. The predicted molar refractivity (Wildman–Crippen MR) is 146 cm³/mol. The summed E-state index contributed by atoms with van der Waals surface area (Å²) < 4.78 is 35.6. The van der Waals surface area contributed by atoms with Crippen LogP contribution in [0.5, 0.6) is 0 Å². The number of hydrogen-bond acceptors (Lipinski definition) is 4. The van der Waals surface area contributed by atoms with E-state index >= 15 is 0 Å². The summed E-state index contributed by atoms with van der Waals surface area (Å²) in [5.74, 6) is 0.916. The molecule has 1 aromatic carbocycles. The van der Waals surface area contributed by atoms with Gasteiger partial charge in [0.15, 0.2) is 0 Å². The fourth-order valence-corrected chi connectivity index (χ4v) is 3.87. The maximum absolute atomic E-state index is 11.9. The van der Waals surface area contributed by atoms with Gasteiger partial charge in [-0.3, -0.25) is 4.99 Å². The van der Waals surface area contributed by atoms with Gasteiger partial charge in [-0.05, 0) is 69.5 Å². The summed E-state index contributed by atoms with van der Waals surface area (Å²) in [7, 11) is 1.77.